The van der Waals surface area contributed by atoms with Crippen LogP contribution in [0, 0.1) is 62.6 Å². The summed E-state index contributed by atoms with van der Waals surface area (Å²) >= 11 is 0. The number of hydrogen-bond donors (Lipinski definition) is 2. The van der Waals surface area contributed by atoms with Crippen molar-refractivity contribution in [1.82, 2.24) is 25.0 Å². The van der Waals surface area contributed by atoms with Gasteiger partial charge in [-0.15, -0.1) is 0 Å². The molecular formula is C42H64N6O4. The molecule has 52 heavy (non-hydrogen) atoms. The lowest BCUT2D eigenvalue weighted by Crippen LogP contribution is -2.70. The smallest absolute Gasteiger partial charge is 0.307 e. The van der Waals surface area contributed by atoms with Crippen LogP contribution < -0.4 is 5.73 Å². The van der Waals surface area contributed by atoms with Crippen LogP contribution in [0.25, 0.3) is 11.4 Å². The van der Waals surface area contributed by atoms with Gasteiger partial charge in [-0.25, -0.2) is 9.67 Å². The van der Waals surface area contributed by atoms with Crippen LogP contribution in [0.5, 0.6) is 0 Å². The summed E-state index contributed by atoms with van der Waals surface area (Å²) in [5.74, 6) is 1.13. The van der Waals surface area contributed by atoms with E-state index in [2.05, 4.69) is 90.2 Å². The van der Waals surface area contributed by atoms with E-state index in [1.54, 1.807) is 18.7 Å². The van der Waals surface area contributed by atoms with Crippen molar-refractivity contribution in [3.63, 3.8) is 0 Å². The molecular weight excluding hydrogens is 652 g/mol. The third-order valence-corrected chi connectivity index (χ3v) is 16.6. The first-order chi connectivity index (χ1) is 24.4. The normalized spacial score (nSPS) is 41.7. The van der Waals surface area contributed by atoms with Gasteiger partial charge >= 0.3 is 5.97 Å². The molecule has 3 heterocycles. The van der Waals surface area contributed by atoms with Crippen LogP contribution in [0.4, 0.5) is 0 Å². The average molecular weight is 717 g/mol. The van der Waals surface area contributed by atoms with E-state index in [1.807, 2.05) is 6.07 Å². The van der Waals surface area contributed by atoms with Crippen LogP contribution >= 0.6 is 0 Å². The second kappa shape index (κ2) is 12.7. The first-order valence-corrected chi connectivity index (χ1v) is 20.0. The van der Waals surface area contributed by atoms with Crippen molar-refractivity contribution < 1.29 is 19.4 Å². The second-order valence-corrected chi connectivity index (χ2v) is 19.7. The van der Waals surface area contributed by atoms with Gasteiger partial charge in [0.25, 0.3) is 0 Å². The van der Waals surface area contributed by atoms with Crippen molar-refractivity contribution in [2.24, 2.45) is 68.3 Å². The third kappa shape index (κ3) is 5.23. The molecule has 3 saturated carbocycles. The Morgan fingerprint density at radius 1 is 1.10 bits per heavy atom. The fourth-order valence-corrected chi connectivity index (χ4v) is 12.6. The number of carboxylic acid groups (broad SMARTS) is 1. The van der Waals surface area contributed by atoms with Crippen molar-refractivity contribution in [3.8, 4) is 11.4 Å². The van der Waals surface area contributed by atoms with Gasteiger partial charge in [0.2, 0.25) is 0 Å². The fraction of sp³-hybridized carbons (Fsp3) is 0.786. The number of carboxylic acids is 1. The zero-order valence-electron chi connectivity index (χ0n) is 33.4. The lowest BCUT2D eigenvalue weighted by molar-refractivity contribution is -0.254. The molecule has 2 aromatic heterocycles. The summed E-state index contributed by atoms with van der Waals surface area (Å²) < 4.78 is 16.2. The van der Waals surface area contributed by atoms with Gasteiger partial charge in [-0.05, 0) is 103 Å². The minimum atomic E-state index is -0.639. The molecule has 0 amide bonds. The Hall–Kier alpha value is -2.69. The number of nitrogens with two attached hydrogens (primary N) is 1. The molecule has 2 aromatic rings. The van der Waals surface area contributed by atoms with Gasteiger partial charge in [0.1, 0.15) is 6.33 Å². The molecule has 7 rings (SSSR count). The van der Waals surface area contributed by atoms with Crippen LogP contribution in [-0.4, -0.2) is 67.5 Å². The highest BCUT2D eigenvalue weighted by atomic mass is 16.5. The van der Waals surface area contributed by atoms with E-state index in [-0.39, 0.29) is 46.1 Å². The topological polar surface area (TPSA) is 138 Å². The van der Waals surface area contributed by atoms with Gasteiger partial charge in [-0.1, -0.05) is 74.0 Å². The number of aliphatic carboxylic acids is 1. The highest BCUT2D eigenvalue weighted by molar-refractivity contribution is 5.73. The van der Waals surface area contributed by atoms with Crippen molar-refractivity contribution in [2.45, 2.75) is 125 Å². The summed E-state index contributed by atoms with van der Waals surface area (Å²) in [5, 5.41) is 24.3. The molecule has 0 spiro atoms. The molecule has 0 unspecified atom stereocenters. The molecule has 5 aliphatic rings. The molecule has 2 bridgehead atoms. The van der Waals surface area contributed by atoms with Crippen molar-refractivity contribution in [1.29, 1.82) is 0 Å². The van der Waals surface area contributed by atoms with E-state index in [1.165, 1.54) is 5.57 Å². The Morgan fingerprint density at radius 3 is 2.50 bits per heavy atom. The lowest BCUT2D eigenvalue weighted by atomic mass is 9.34. The Morgan fingerprint density at radius 2 is 1.85 bits per heavy atom. The minimum absolute atomic E-state index is 0.124. The molecule has 3 N–H and O–H groups in total. The predicted molar refractivity (Wildman–Crippen MR) is 201 cm³/mol. The molecule has 12 atom stereocenters. The van der Waals surface area contributed by atoms with E-state index >= 15 is 0 Å². The summed E-state index contributed by atoms with van der Waals surface area (Å²) in [6.45, 7) is 24.3. The van der Waals surface area contributed by atoms with E-state index < -0.39 is 28.3 Å². The molecule has 286 valence electrons. The number of rotatable bonds is 9. The van der Waals surface area contributed by atoms with Gasteiger partial charge in [0, 0.05) is 16.5 Å². The molecule has 0 radical (unpaired) electrons. The van der Waals surface area contributed by atoms with Crippen molar-refractivity contribution in [3.05, 3.63) is 36.4 Å². The zero-order valence-corrected chi connectivity index (χ0v) is 33.4. The summed E-state index contributed by atoms with van der Waals surface area (Å²) in [6, 6.07) is 1.81. The summed E-state index contributed by atoms with van der Waals surface area (Å²) in [6.07, 6.45) is 12.9. The standard InChI is InChI=1S/C42H64N6O4/c1-25(2)27(5)38(7)16-17-39(8)29-11-12-32-37(6)19-31(48-35(44-24-47-48)28-14-18-45-46-20-28)34(52-22-41(10,43)26(3)4)42(32,23-51-21-37)30(29)13-15-40(39,9)33(38)36(49)50/h13-14,18,20,24-27,29,31-34H,11-12,15-17,19,21-23,43H2,1-10H3,(H,49,50)/t27-,29+,31-,32-,33-,34+,37-,38-,39-,40+,41+,42+/m1/s1. The molecule has 1 aliphatic heterocycles. The van der Waals surface area contributed by atoms with E-state index in [0.29, 0.717) is 31.7 Å². The molecule has 4 fully saturated rings. The van der Waals surface area contributed by atoms with Crippen LogP contribution in [0.1, 0.15) is 114 Å². The first kappa shape index (κ1) is 37.6. The van der Waals surface area contributed by atoms with E-state index in [4.69, 9.17) is 25.3 Å². The first-order valence-electron chi connectivity index (χ1n) is 20.0. The van der Waals surface area contributed by atoms with Crippen LogP contribution in [0.2, 0.25) is 0 Å². The van der Waals surface area contributed by atoms with Crippen LogP contribution in [0.15, 0.2) is 36.4 Å². The second-order valence-electron chi connectivity index (χ2n) is 19.7. The number of ether oxygens (including phenoxy) is 2. The molecule has 10 heteroatoms. The molecule has 1 saturated heterocycles. The molecule has 0 aromatic carbocycles. The highest BCUT2D eigenvalue weighted by Crippen LogP contribution is 2.75. The Labute approximate surface area is 311 Å². The van der Waals surface area contributed by atoms with Gasteiger partial charge in [0.15, 0.2) is 5.82 Å². The lowest BCUT2D eigenvalue weighted by Gasteiger charge is -2.71. The Kier molecular flexibility index (Phi) is 9.18. The summed E-state index contributed by atoms with van der Waals surface area (Å²) in [5.41, 5.74) is 7.28. The molecule has 10 nitrogen and oxygen atoms in total. The summed E-state index contributed by atoms with van der Waals surface area (Å²) in [4.78, 5) is 18.4. The van der Waals surface area contributed by atoms with Gasteiger partial charge < -0.3 is 20.3 Å². The Bertz CT molecular complexity index is 1690. The number of allylic oxidation sites excluding steroid dienone is 1. The largest absolute Gasteiger partial charge is 0.481 e. The van der Waals surface area contributed by atoms with Gasteiger partial charge in [-0.3, -0.25) is 4.79 Å². The Balaban J connectivity index is 1.40. The number of aromatic nitrogens is 5. The fourth-order valence-electron chi connectivity index (χ4n) is 12.6. The number of hydrogen-bond acceptors (Lipinski definition) is 8. The zero-order chi connectivity index (χ0) is 37.6. The van der Waals surface area contributed by atoms with Crippen molar-refractivity contribution in [2.75, 3.05) is 19.8 Å². The number of carbonyl (C=O) groups is 1. The maximum atomic E-state index is 13.6. The number of fused-ring (bicyclic) bond motifs is 3. The number of nitrogens with zero attached hydrogens (tertiary/aromatic N) is 5. The summed E-state index contributed by atoms with van der Waals surface area (Å²) in [7, 11) is 0. The minimum Gasteiger partial charge on any atom is -0.481 e. The van der Waals surface area contributed by atoms with Crippen LogP contribution in [0.3, 0.4) is 0 Å². The van der Waals surface area contributed by atoms with Gasteiger partial charge in [-0.2, -0.15) is 15.3 Å². The molecule has 4 aliphatic carbocycles. The third-order valence-electron chi connectivity index (χ3n) is 16.6. The SMILES string of the molecule is CC(C)[C@@H](C)[C@@]1(C)CC[C@]2(C)[C@H]3CC[C@@H]4[C@@]5(C)COC[C@@]4(C3=CC[C@@]2(C)[C@@H]1C(=O)O)[C@@H](OC[C@](C)(N)C(C)C)[C@H](n1ncnc1-c1ccnnc1)C5. The quantitative estimate of drug-likeness (QED) is 0.251. The maximum Gasteiger partial charge on any atom is 0.307 e. The van der Waals surface area contributed by atoms with Crippen LogP contribution in [-0.2, 0) is 14.3 Å². The predicted octanol–water partition coefficient (Wildman–Crippen LogP) is 7.62. The highest BCUT2D eigenvalue weighted by Gasteiger charge is 2.72. The van der Waals surface area contributed by atoms with Gasteiger partial charge in [0.05, 0.1) is 50.3 Å². The maximum absolute atomic E-state index is 13.6. The van der Waals surface area contributed by atoms with E-state index in [9.17, 15) is 9.90 Å². The average Bonchev–Trinajstić information content (AvgIpc) is 3.58. The monoisotopic (exact) mass is 716 g/mol. The van der Waals surface area contributed by atoms with E-state index in [0.717, 1.165) is 49.9 Å². The van der Waals surface area contributed by atoms with Crippen molar-refractivity contribution >= 4 is 5.97 Å².